The molecule has 0 amide bonds. The summed E-state index contributed by atoms with van der Waals surface area (Å²) in [6.45, 7) is 15.1. The predicted octanol–water partition coefficient (Wildman–Crippen LogP) is 2.68. The summed E-state index contributed by atoms with van der Waals surface area (Å²) in [6, 6.07) is 0. The minimum absolute atomic E-state index is 0.0324. The second-order valence-corrected chi connectivity index (χ2v) is 14.4. The number of imidazole rings is 1. The van der Waals surface area contributed by atoms with Gasteiger partial charge in [0, 0.05) is 0 Å². The molecule has 0 bridgehead atoms. The van der Waals surface area contributed by atoms with Crippen LogP contribution in [0.15, 0.2) is 12.7 Å². The van der Waals surface area contributed by atoms with E-state index in [1.54, 1.807) is 13.8 Å². The zero-order chi connectivity index (χ0) is 24.0. The number of hydrogen-bond donors (Lipinski definition) is 1. The molecule has 0 fully saturated rings. The molecule has 0 aliphatic carbocycles. The Kier molecular flexibility index (Phi) is 9.21. The van der Waals surface area contributed by atoms with Crippen LogP contribution in [0.25, 0.3) is 11.2 Å². The van der Waals surface area contributed by atoms with Gasteiger partial charge in [0.1, 0.15) is 25.4 Å². The van der Waals surface area contributed by atoms with Gasteiger partial charge in [-0.25, -0.2) is 15.0 Å². The molecule has 0 aliphatic rings. The van der Waals surface area contributed by atoms with Crippen molar-refractivity contribution in [2.75, 3.05) is 32.2 Å². The van der Waals surface area contributed by atoms with E-state index in [1.807, 2.05) is 0 Å². The molecule has 2 aromatic rings. The van der Waals surface area contributed by atoms with Gasteiger partial charge in [-0.2, -0.15) is 4.73 Å². The quantitative estimate of drug-likeness (QED) is 0.254. The molecule has 0 spiro atoms. The fourth-order valence-electron chi connectivity index (χ4n) is 2.64. The van der Waals surface area contributed by atoms with Gasteiger partial charge in [-0.1, -0.05) is 20.8 Å². The molecule has 2 N–H and O–H groups in total. The number of ether oxygens (including phenoxy) is 3. The van der Waals surface area contributed by atoms with Gasteiger partial charge in [-0.3, -0.25) is 0 Å². The summed E-state index contributed by atoms with van der Waals surface area (Å²) in [6.07, 6.45) is 2.34. The monoisotopic (exact) mass is 489 g/mol. The third kappa shape index (κ3) is 6.49. The van der Waals surface area contributed by atoms with E-state index in [0.717, 1.165) is 0 Å². The standard InChI is InChI=1S/C19H36N5O6PSi/c1-8-26-19(31-25,27-9-2)28-10-14(30-32(6,7)18(3,4)5)11-29-24-13-23-15-16(20)21-12-22-17(15)24/h12-14H,8-11,31H2,1-7H3,(H2,20,21,22). The van der Waals surface area contributed by atoms with Crippen molar-refractivity contribution in [3.8, 4) is 0 Å². The molecule has 2 atom stereocenters. The van der Waals surface area contributed by atoms with Crippen LogP contribution in [0.1, 0.15) is 34.6 Å². The summed E-state index contributed by atoms with van der Waals surface area (Å²) >= 11 is 0. The molecular formula is C19H36N5O6PSi. The summed E-state index contributed by atoms with van der Waals surface area (Å²) in [5, 5.41) is -0.0324. The molecule has 2 aromatic heterocycles. The van der Waals surface area contributed by atoms with Crippen molar-refractivity contribution in [3.63, 3.8) is 0 Å². The summed E-state index contributed by atoms with van der Waals surface area (Å²) < 4.78 is 36.8. The van der Waals surface area contributed by atoms with Crippen molar-refractivity contribution < 1.29 is 28.0 Å². The van der Waals surface area contributed by atoms with Gasteiger partial charge in [0.15, 0.2) is 28.1 Å². The minimum atomic E-state index is -2.18. The van der Waals surface area contributed by atoms with Crippen molar-refractivity contribution in [2.45, 2.75) is 64.6 Å². The molecule has 0 saturated heterocycles. The zero-order valence-electron chi connectivity index (χ0n) is 20.0. The van der Waals surface area contributed by atoms with E-state index in [4.69, 9.17) is 29.2 Å². The first-order chi connectivity index (χ1) is 15.0. The highest BCUT2D eigenvalue weighted by molar-refractivity contribution is 7.25. The van der Waals surface area contributed by atoms with Crippen LogP contribution >= 0.6 is 8.46 Å². The lowest BCUT2D eigenvalue weighted by Gasteiger charge is -2.39. The van der Waals surface area contributed by atoms with Crippen molar-refractivity contribution in [3.05, 3.63) is 12.7 Å². The maximum absolute atomic E-state index is 11.9. The van der Waals surface area contributed by atoms with E-state index in [2.05, 4.69) is 48.8 Å². The van der Waals surface area contributed by atoms with Crippen molar-refractivity contribution in [1.29, 1.82) is 0 Å². The molecule has 13 heteroatoms. The number of hydrogen-bond acceptors (Lipinski definition) is 10. The molecular weight excluding hydrogens is 453 g/mol. The summed E-state index contributed by atoms with van der Waals surface area (Å²) in [5.41, 5.74) is 5.17. The third-order valence-electron chi connectivity index (χ3n) is 5.30. The van der Waals surface area contributed by atoms with Gasteiger partial charge in [0.05, 0.1) is 19.8 Å². The Hall–Kier alpha value is -1.56. The van der Waals surface area contributed by atoms with Crippen LogP contribution in [-0.4, -0.2) is 66.2 Å². The normalized spacial score (nSPS) is 14.5. The Morgan fingerprint density at radius 1 is 1.09 bits per heavy atom. The number of nitrogens with two attached hydrogens (primary N) is 1. The topological polar surface area (TPSA) is 133 Å². The number of nitrogens with zero attached hydrogens (tertiary/aromatic N) is 4. The summed E-state index contributed by atoms with van der Waals surface area (Å²) in [4.78, 5) is 18.2. The third-order valence-corrected chi connectivity index (χ3v) is 10.6. The van der Waals surface area contributed by atoms with E-state index in [-0.39, 0.29) is 24.1 Å². The predicted molar refractivity (Wildman–Crippen MR) is 126 cm³/mol. The molecule has 0 aliphatic heterocycles. The lowest BCUT2D eigenvalue weighted by molar-refractivity contribution is -0.323. The Balaban J connectivity index is 2.21. The van der Waals surface area contributed by atoms with Gasteiger partial charge >= 0.3 is 5.71 Å². The zero-order valence-corrected chi connectivity index (χ0v) is 22.1. The van der Waals surface area contributed by atoms with Crippen LogP contribution in [0, 0.1) is 0 Å². The second kappa shape index (κ2) is 11.0. The lowest BCUT2D eigenvalue weighted by atomic mass is 10.2. The number of rotatable bonds is 13. The molecule has 0 radical (unpaired) electrons. The van der Waals surface area contributed by atoms with Crippen LogP contribution in [0.3, 0.4) is 0 Å². The molecule has 11 nitrogen and oxygen atoms in total. The van der Waals surface area contributed by atoms with E-state index < -0.39 is 28.6 Å². The highest BCUT2D eigenvalue weighted by Gasteiger charge is 2.41. The highest BCUT2D eigenvalue weighted by Crippen LogP contribution is 2.38. The van der Waals surface area contributed by atoms with E-state index >= 15 is 0 Å². The second-order valence-electron chi connectivity index (χ2n) is 8.70. The van der Waals surface area contributed by atoms with Crippen LogP contribution in [-0.2, 0) is 23.2 Å². The van der Waals surface area contributed by atoms with Crippen LogP contribution in [0.4, 0.5) is 5.82 Å². The smallest absolute Gasteiger partial charge is 0.332 e. The largest absolute Gasteiger partial charge is 0.408 e. The Morgan fingerprint density at radius 3 is 2.31 bits per heavy atom. The molecule has 182 valence electrons. The Labute approximate surface area is 191 Å². The molecule has 0 saturated carbocycles. The highest BCUT2D eigenvalue weighted by atomic mass is 31.1. The van der Waals surface area contributed by atoms with E-state index in [0.29, 0.717) is 24.4 Å². The van der Waals surface area contributed by atoms with Gasteiger partial charge in [-0.15, -0.1) is 0 Å². The van der Waals surface area contributed by atoms with Crippen molar-refractivity contribution in [1.82, 2.24) is 19.7 Å². The van der Waals surface area contributed by atoms with Gasteiger partial charge in [-0.05, 0) is 32.0 Å². The Bertz CT molecular complexity index is 885. The molecule has 32 heavy (non-hydrogen) atoms. The van der Waals surface area contributed by atoms with Gasteiger partial charge < -0.3 is 33.8 Å². The van der Waals surface area contributed by atoms with E-state index in [9.17, 15) is 4.57 Å². The maximum atomic E-state index is 11.9. The Morgan fingerprint density at radius 2 is 1.75 bits per heavy atom. The number of fused-ring (bicyclic) bond motifs is 1. The molecule has 0 aromatic carbocycles. The van der Waals surface area contributed by atoms with Crippen LogP contribution in [0.2, 0.25) is 18.1 Å². The number of nitrogen functional groups attached to an aromatic ring is 1. The first-order valence-corrected chi connectivity index (χ1v) is 14.6. The first kappa shape index (κ1) is 26.7. The fourth-order valence-corrected chi connectivity index (χ4v) is 4.60. The minimum Gasteiger partial charge on any atom is -0.408 e. The first-order valence-electron chi connectivity index (χ1n) is 10.6. The molecule has 2 rings (SSSR count). The maximum Gasteiger partial charge on any atom is 0.332 e. The van der Waals surface area contributed by atoms with Crippen molar-refractivity contribution >= 4 is 33.8 Å². The number of anilines is 1. The average Bonchev–Trinajstić information content (AvgIpc) is 3.13. The fraction of sp³-hybridized carbons (Fsp3) is 0.737. The molecule has 2 heterocycles. The van der Waals surface area contributed by atoms with Gasteiger partial charge in [0.25, 0.3) is 0 Å². The summed E-state index contributed by atoms with van der Waals surface area (Å²) in [7, 11) is -3.69. The number of aromatic nitrogens is 4. The SMILES string of the molecule is CCOC(OCC)(OCC(COn1cnc2c(N)ncnc21)O[Si](C)(C)C(C)(C)C)[PH2]=O. The van der Waals surface area contributed by atoms with Gasteiger partial charge in [0.2, 0.25) is 5.65 Å². The van der Waals surface area contributed by atoms with Crippen LogP contribution < -0.4 is 10.6 Å². The average molecular weight is 490 g/mol. The van der Waals surface area contributed by atoms with Crippen molar-refractivity contribution in [2.24, 2.45) is 0 Å². The summed E-state index contributed by atoms with van der Waals surface area (Å²) in [5.74, 6) is 0.270. The lowest BCUT2D eigenvalue weighted by Crippen LogP contribution is -2.48. The van der Waals surface area contributed by atoms with Crippen LogP contribution in [0.5, 0.6) is 0 Å². The molecule has 2 unspecified atom stereocenters. The van der Waals surface area contributed by atoms with E-state index in [1.165, 1.54) is 17.4 Å².